The van der Waals surface area contributed by atoms with Crippen LogP contribution in [0, 0.1) is 7.14 Å². The number of fused-ring (bicyclic) bond motifs is 1. The molecule has 31 heavy (non-hydrogen) atoms. The fraction of sp³-hybridized carbons (Fsp3) is 0.333. The van der Waals surface area contributed by atoms with Gasteiger partial charge in [-0.25, -0.2) is 0 Å². The zero-order chi connectivity index (χ0) is 22.5. The maximum absolute atomic E-state index is 13.5. The molecule has 0 saturated carbocycles. The SMILES string of the molecule is CCCCC(=O)Oc1ccc2c(C(=O)c3cc(I)c(O)c(I)c3)c(CCCC)oc2c1. The maximum Gasteiger partial charge on any atom is 0.311 e. The van der Waals surface area contributed by atoms with Crippen LogP contribution >= 0.6 is 45.2 Å². The number of furan rings is 1. The number of carbonyl (C=O) groups excluding carboxylic acids is 2. The van der Waals surface area contributed by atoms with E-state index in [-0.39, 0.29) is 17.5 Å². The topological polar surface area (TPSA) is 76.7 Å². The van der Waals surface area contributed by atoms with Gasteiger partial charge < -0.3 is 14.3 Å². The predicted octanol–water partition coefficient (Wildman–Crippen LogP) is 7.02. The number of hydrogen-bond donors (Lipinski definition) is 1. The standard InChI is InChI=1S/C24H24I2O5/c1-3-5-7-19-22(23(28)14-11-17(25)24(29)18(26)12-14)16-10-9-15(13-20(16)31-19)30-21(27)8-6-4-2/h9-13,29H,3-8H2,1-2H3. The van der Waals surface area contributed by atoms with E-state index in [4.69, 9.17) is 9.15 Å². The lowest BCUT2D eigenvalue weighted by molar-refractivity contribution is -0.134. The largest absolute Gasteiger partial charge is 0.506 e. The summed E-state index contributed by atoms with van der Waals surface area (Å²) >= 11 is 4.04. The van der Waals surface area contributed by atoms with E-state index in [0.717, 1.165) is 25.7 Å². The van der Waals surface area contributed by atoms with E-state index in [1.54, 1.807) is 30.3 Å². The van der Waals surface area contributed by atoms with Crippen LogP contribution in [-0.2, 0) is 11.2 Å². The molecule has 0 saturated heterocycles. The van der Waals surface area contributed by atoms with Gasteiger partial charge in [0.05, 0.1) is 12.7 Å². The van der Waals surface area contributed by atoms with Gasteiger partial charge in [-0.3, -0.25) is 9.59 Å². The van der Waals surface area contributed by atoms with Gasteiger partial charge >= 0.3 is 5.97 Å². The Morgan fingerprint density at radius 3 is 2.35 bits per heavy atom. The van der Waals surface area contributed by atoms with E-state index in [0.29, 0.717) is 53.6 Å². The number of carbonyl (C=O) groups is 2. The quantitative estimate of drug-likeness (QED) is 0.117. The predicted molar refractivity (Wildman–Crippen MR) is 137 cm³/mol. The number of hydrogen-bond acceptors (Lipinski definition) is 5. The Morgan fingerprint density at radius 2 is 1.71 bits per heavy atom. The lowest BCUT2D eigenvalue weighted by Gasteiger charge is -2.07. The number of rotatable bonds is 9. The Labute approximate surface area is 208 Å². The Kier molecular flexibility index (Phi) is 8.37. The number of ether oxygens (including phenoxy) is 1. The van der Waals surface area contributed by atoms with Gasteiger partial charge in [0.1, 0.15) is 22.8 Å². The summed E-state index contributed by atoms with van der Waals surface area (Å²) in [5, 5.41) is 10.8. The van der Waals surface area contributed by atoms with Gasteiger partial charge in [-0.2, -0.15) is 0 Å². The second-order valence-corrected chi connectivity index (χ2v) is 9.68. The van der Waals surface area contributed by atoms with Crippen molar-refractivity contribution >= 4 is 67.9 Å². The molecular weight excluding hydrogens is 622 g/mol. The zero-order valence-electron chi connectivity index (χ0n) is 17.5. The van der Waals surface area contributed by atoms with E-state index in [1.807, 2.05) is 52.1 Å². The molecule has 0 spiro atoms. The normalized spacial score (nSPS) is 11.1. The summed E-state index contributed by atoms with van der Waals surface area (Å²) in [6.45, 7) is 4.11. The first-order chi connectivity index (χ1) is 14.8. The number of unbranched alkanes of at least 4 members (excludes halogenated alkanes) is 2. The molecule has 7 heteroatoms. The van der Waals surface area contributed by atoms with Crippen LogP contribution in [0.4, 0.5) is 0 Å². The molecule has 0 aliphatic carbocycles. The number of esters is 1. The van der Waals surface area contributed by atoms with Crippen LogP contribution in [-0.4, -0.2) is 16.9 Å². The molecule has 0 fully saturated rings. The highest BCUT2D eigenvalue weighted by atomic mass is 127. The first-order valence-electron chi connectivity index (χ1n) is 10.3. The minimum absolute atomic E-state index is 0.145. The fourth-order valence-corrected chi connectivity index (χ4v) is 5.07. The molecule has 0 bridgehead atoms. The zero-order valence-corrected chi connectivity index (χ0v) is 21.8. The summed E-state index contributed by atoms with van der Waals surface area (Å²) < 4.78 is 12.7. The number of phenolic OH excluding ortho intramolecular Hbond substituents is 1. The van der Waals surface area contributed by atoms with Crippen molar-refractivity contribution in [1.82, 2.24) is 0 Å². The van der Waals surface area contributed by atoms with Crippen molar-refractivity contribution in [2.45, 2.75) is 52.4 Å². The number of halogens is 2. The summed E-state index contributed by atoms with van der Waals surface area (Å²) in [5.41, 5.74) is 1.56. The van der Waals surface area contributed by atoms with Crippen molar-refractivity contribution in [1.29, 1.82) is 0 Å². The van der Waals surface area contributed by atoms with Gasteiger partial charge in [0.25, 0.3) is 0 Å². The molecule has 0 aliphatic rings. The fourth-order valence-electron chi connectivity index (χ4n) is 3.30. The van der Waals surface area contributed by atoms with Gasteiger partial charge in [-0.05, 0) is 82.3 Å². The summed E-state index contributed by atoms with van der Waals surface area (Å²) in [7, 11) is 0. The lowest BCUT2D eigenvalue weighted by Crippen LogP contribution is -2.07. The molecule has 3 aromatic rings. The Bertz CT molecular complexity index is 1090. The monoisotopic (exact) mass is 646 g/mol. The molecule has 0 amide bonds. The molecule has 164 valence electrons. The average Bonchev–Trinajstić information content (AvgIpc) is 3.11. The minimum atomic E-state index is -0.275. The van der Waals surface area contributed by atoms with Crippen LogP contribution in [0.15, 0.2) is 34.7 Å². The van der Waals surface area contributed by atoms with Crippen LogP contribution < -0.4 is 4.74 Å². The molecule has 0 atom stereocenters. The third-order valence-electron chi connectivity index (χ3n) is 4.96. The third-order valence-corrected chi connectivity index (χ3v) is 6.61. The molecule has 2 aromatic carbocycles. The molecule has 1 N–H and O–H groups in total. The van der Waals surface area contributed by atoms with Crippen LogP contribution in [0.25, 0.3) is 11.0 Å². The summed E-state index contributed by atoms with van der Waals surface area (Å²) in [6.07, 6.45) is 4.59. The second kappa shape index (κ2) is 10.8. The summed E-state index contributed by atoms with van der Waals surface area (Å²) in [4.78, 5) is 25.4. The second-order valence-electron chi connectivity index (χ2n) is 7.36. The van der Waals surface area contributed by atoms with Crippen molar-refractivity contribution in [3.05, 3.63) is 54.4 Å². The van der Waals surface area contributed by atoms with Crippen LogP contribution in [0.3, 0.4) is 0 Å². The van der Waals surface area contributed by atoms with Crippen molar-refractivity contribution in [3.8, 4) is 11.5 Å². The Hall–Kier alpha value is -1.62. The number of aryl methyl sites for hydroxylation is 1. The lowest BCUT2D eigenvalue weighted by atomic mass is 9.98. The smallest absolute Gasteiger partial charge is 0.311 e. The van der Waals surface area contributed by atoms with Crippen molar-refractivity contribution in [3.63, 3.8) is 0 Å². The van der Waals surface area contributed by atoms with Crippen molar-refractivity contribution < 1.29 is 23.8 Å². The maximum atomic E-state index is 13.5. The van der Waals surface area contributed by atoms with Gasteiger partial charge in [-0.15, -0.1) is 0 Å². The number of ketones is 1. The molecule has 0 unspecified atom stereocenters. The molecule has 3 rings (SSSR count). The first kappa shape index (κ1) is 24.0. The molecule has 5 nitrogen and oxygen atoms in total. The highest BCUT2D eigenvalue weighted by molar-refractivity contribution is 14.1. The number of phenols is 1. The Morgan fingerprint density at radius 1 is 1.03 bits per heavy atom. The third kappa shape index (κ3) is 5.60. The van der Waals surface area contributed by atoms with E-state index in [9.17, 15) is 14.7 Å². The first-order valence-corrected chi connectivity index (χ1v) is 12.5. The minimum Gasteiger partial charge on any atom is -0.506 e. The number of aromatic hydroxyl groups is 1. The van der Waals surface area contributed by atoms with E-state index in [2.05, 4.69) is 6.92 Å². The Balaban J connectivity index is 2.02. The highest BCUT2D eigenvalue weighted by Gasteiger charge is 2.23. The van der Waals surface area contributed by atoms with Crippen molar-refractivity contribution in [2.24, 2.45) is 0 Å². The molecule has 0 aliphatic heterocycles. The van der Waals surface area contributed by atoms with E-state index < -0.39 is 0 Å². The average molecular weight is 646 g/mol. The molecule has 1 heterocycles. The summed E-state index contributed by atoms with van der Waals surface area (Å²) in [5.74, 6) is 0.805. The van der Waals surface area contributed by atoms with Gasteiger partial charge in [0.15, 0.2) is 5.78 Å². The van der Waals surface area contributed by atoms with Crippen LogP contribution in [0.1, 0.15) is 67.6 Å². The van der Waals surface area contributed by atoms with Gasteiger partial charge in [0.2, 0.25) is 0 Å². The summed E-state index contributed by atoms with van der Waals surface area (Å²) in [6, 6.07) is 8.53. The molecular formula is C24H24I2O5. The van der Waals surface area contributed by atoms with Gasteiger partial charge in [0, 0.05) is 29.9 Å². The molecule has 0 radical (unpaired) electrons. The van der Waals surface area contributed by atoms with Crippen molar-refractivity contribution in [2.75, 3.05) is 0 Å². The van der Waals surface area contributed by atoms with Crippen LogP contribution in [0.5, 0.6) is 11.5 Å². The highest BCUT2D eigenvalue weighted by Crippen LogP contribution is 2.34. The van der Waals surface area contributed by atoms with E-state index in [1.165, 1.54) is 0 Å². The van der Waals surface area contributed by atoms with E-state index >= 15 is 0 Å². The van der Waals surface area contributed by atoms with Gasteiger partial charge in [-0.1, -0.05) is 26.7 Å². The number of benzene rings is 2. The van der Waals surface area contributed by atoms with Crippen LogP contribution in [0.2, 0.25) is 0 Å². The molecule has 1 aromatic heterocycles.